The molecule has 0 aliphatic heterocycles. The Labute approximate surface area is 125 Å². The van der Waals surface area contributed by atoms with Gasteiger partial charge in [-0.2, -0.15) is 0 Å². The van der Waals surface area contributed by atoms with Crippen LogP contribution in [0.15, 0.2) is 27.1 Å². The maximum atomic E-state index is 12.0. The lowest BCUT2D eigenvalue weighted by Gasteiger charge is -2.07. The smallest absolute Gasteiger partial charge is 0.289 e. The van der Waals surface area contributed by atoms with Crippen LogP contribution in [0.5, 0.6) is 5.75 Å². The molecule has 1 N–H and O–H groups in total. The fraction of sp³-hybridized carbons (Fsp3) is 0.286. The van der Waals surface area contributed by atoms with Gasteiger partial charge in [0, 0.05) is 17.9 Å². The summed E-state index contributed by atoms with van der Waals surface area (Å²) in [6.07, 6.45) is 0. The third-order valence-corrected chi connectivity index (χ3v) is 3.19. The number of rotatable bonds is 4. The van der Waals surface area contributed by atoms with Crippen molar-refractivity contribution in [3.8, 4) is 5.75 Å². The summed E-state index contributed by atoms with van der Waals surface area (Å²) in [5, 5.41) is 2.80. The van der Waals surface area contributed by atoms with Gasteiger partial charge in [0.15, 0.2) is 5.89 Å². The van der Waals surface area contributed by atoms with Crippen LogP contribution in [0.1, 0.15) is 27.7 Å². The fourth-order valence-electron chi connectivity index (χ4n) is 1.85. The SMILES string of the molecule is COc1cc(Br)cc(CNC(=O)c2oc(C)nc2C)c1. The lowest BCUT2D eigenvalue weighted by Crippen LogP contribution is -2.23. The zero-order valence-electron chi connectivity index (χ0n) is 11.5. The van der Waals surface area contributed by atoms with E-state index in [1.54, 1.807) is 21.0 Å². The van der Waals surface area contributed by atoms with Crippen molar-refractivity contribution in [2.75, 3.05) is 7.11 Å². The molecule has 1 amide bonds. The van der Waals surface area contributed by atoms with Gasteiger partial charge in [-0.3, -0.25) is 4.79 Å². The van der Waals surface area contributed by atoms with Gasteiger partial charge in [-0.25, -0.2) is 4.98 Å². The minimum atomic E-state index is -0.276. The first-order valence-corrected chi connectivity index (χ1v) is 6.84. The van der Waals surface area contributed by atoms with Gasteiger partial charge >= 0.3 is 0 Å². The molecule has 0 bridgehead atoms. The number of oxazole rings is 1. The van der Waals surface area contributed by atoms with Crippen molar-refractivity contribution >= 4 is 21.8 Å². The van der Waals surface area contributed by atoms with Gasteiger partial charge in [0.05, 0.1) is 12.8 Å². The monoisotopic (exact) mass is 338 g/mol. The van der Waals surface area contributed by atoms with Crippen molar-refractivity contribution in [3.05, 3.63) is 45.6 Å². The van der Waals surface area contributed by atoms with E-state index in [9.17, 15) is 4.79 Å². The van der Waals surface area contributed by atoms with E-state index in [0.717, 1.165) is 15.8 Å². The Morgan fingerprint density at radius 3 is 2.75 bits per heavy atom. The van der Waals surface area contributed by atoms with Crippen LogP contribution >= 0.6 is 15.9 Å². The Hall–Kier alpha value is -1.82. The summed E-state index contributed by atoms with van der Waals surface area (Å²) in [6.45, 7) is 3.84. The second-order valence-corrected chi connectivity index (χ2v) is 5.25. The molecule has 0 aliphatic carbocycles. The summed E-state index contributed by atoms with van der Waals surface area (Å²) >= 11 is 3.40. The highest BCUT2D eigenvalue weighted by Crippen LogP contribution is 2.21. The van der Waals surface area contributed by atoms with Gasteiger partial charge in [0.25, 0.3) is 5.91 Å². The number of hydrogen-bond acceptors (Lipinski definition) is 4. The number of carbonyl (C=O) groups is 1. The molecule has 1 aromatic carbocycles. The lowest BCUT2D eigenvalue weighted by atomic mass is 10.2. The standard InChI is InChI=1S/C14H15BrN2O3/c1-8-13(20-9(2)17-8)14(18)16-7-10-4-11(15)6-12(5-10)19-3/h4-6H,7H2,1-3H3,(H,16,18). The van der Waals surface area contributed by atoms with Crippen molar-refractivity contribution in [2.45, 2.75) is 20.4 Å². The number of carbonyl (C=O) groups excluding carboxylic acids is 1. The summed E-state index contributed by atoms with van der Waals surface area (Å²) < 4.78 is 11.4. The molecule has 0 aliphatic rings. The van der Waals surface area contributed by atoms with Crippen LogP contribution in [0.4, 0.5) is 0 Å². The van der Waals surface area contributed by atoms with E-state index < -0.39 is 0 Å². The Bertz CT molecular complexity index is 637. The molecular weight excluding hydrogens is 324 g/mol. The highest BCUT2D eigenvalue weighted by atomic mass is 79.9. The molecule has 0 fully saturated rings. The van der Waals surface area contributed by atoms with Gasteiger partial charge in [-0.15, -0.1) is 0 Å². The number of methoxy groups -OCH3 is 1. The summed E-state index contributed by atoms with van der Waals surface area (Å²) in [4.78, 5) is 16.1. The number of halogens is 1. The molecule has 1 aromatic heterocycles. The molecule has 6 heteroatoms. The zero-order chi connectivity index (χ0) is 14.7. The first-order chi connectivity index (χ1) is 9.49. The predicted octanol–water partition coefficient (Wildman–Crippen LogP) is 2.99. The van der Waals surface area contributed by atoms with Gasteiger partial charge in [-0.05, 0) is 30.7 Å². The molecule has 0 atom stereocenters. The zero-order valence-corrected chi connectivity index (χ0v) is 13.1. The molecular formula is C14H15BrN2O3. The fourth-order valence-corrected chi connectivity index (χ4v) is 2.36. The Kier molecular flexibility index (Phi) is 4.44. The van der Waals surface area contributed by atoms with E-state index in [0.29, 0.717) is 18.1 Å². The Morgan fingerprint density at radius 2 is 2.15 bits per heavy atom. The maximum Gasteiger partial charge on any atom is 0.289 e. The molecule has 2 aromatic rings. The molecule has 106 valence electrons. The molecule has 5 nitrogen and oxygen atoms in total. The average molecular weight is 339 g/mol. The van der Waals surface area contributed by atoms with E-state index in [2.05, 4.69) is 26.2 Å². The topological polar surface area (TPSA) is 64.4 Å². The minimum Gasteiger partial charge on any atom is -0.497 e. The van der Waals surface area contributed by atoms with Gasteiger partial charge < -0.3 is 14.5 Å². The van der Waals surface area contributed by atoms with E-state index in [1.807, 2.05) is 18.2 Å². The van der Waals surface area contributed by atoms with Gasteiger partial charge in [-0.1, -0.05) is 15.9 Å². The van der Waals surface area contributed by atoms with Crippen LogP contribution in [-0.2, 0) is 6.54 Å². The average Bonchev–Trinajstić information content (AvgIpc) is 2.74. The number of aryl methyl sites for hydroxylation is 2. The van der Waals surface area contributed by atoms with E-state index >= 15 is 0 Å². The van der Waals surface area contributed by atoms with E-state index in [4.69, 9.17) is 9.15 Å². The van der Waals surface area contributed by atoms with Crippen molar-refractivity contribution in [1.82, 2.24) is 10.3 Å². The van der Waals surface area contributed by atoms with E-state index in [-0.39, 0.29) is 11.7 Å². The van der Waals surface area contributed by atoms with Crippen molar-refractivity contribution < 1.29 is 13.9 Å². The number of amides is 1. The number of ether oxygens (including phenoxy) is 1. The quantitative estimate of drug-likeness (QED) is 0.930. The van der Waals surface area contributed by atoms with Crippen LogP contribution in [0.25, 0.3) is 0 Å². The highest BCUT2D eigenvalue weighted by molar-refractivity contribution is 9.10. The Morgan fingerprint density at radius 1 is 1.40 bits per heavy atom. The number of nitrogens with one attached hydrogen (secondary N) is 1. The van der Waals surface area contributed by atoms with Gasteiger partial charge in [0.1, 0.15) is 5.75 Å². The summed E-state index contributed by atoms with van der Waals surface area (Å²) in [5.74, 6) is 1.19. The van der Waals surface area contributed by atoms with Gasteiger partial charge in [0.2, 0.25) is 5.76 Å². The maximum absolute atomic E-state index is 12.0. The molecule has 1 heterocycles. The number of benzene rings is 1. The summed E-state index contributed by atoms with van der Waals surface area (Å²) in [6, 6.07) is 5.64. The van der Waals surface area contributed by atoms with Crippen molar-refractivity contribution in [3.63, 3.8) is 0 Å². The van der Waals surface area contributed by atoms with Crippen molar-refractivity contribution in [1.29, 1.82) is 0 Å². The van der Waals surface area contributed by atoms with E-state index in [1.165, 1.54) is 0 Å². The molecule has 0 spiro atoms. The Balaban J connectivity index is 2.07. The first-order valence-electron chi connectivity index (χ1n) is 6.05. The second-order valence-electron chi connectivity index (χ2n) is 4.33. The van der Waals surface area contributed by atoms with Crippen LogP contribution in [0.2, 0.25) is 0 Å². The highest BCUT2D eigenvalue weighted by Gasteiger charge is 2.15. The molecule has 0 unspecified atom stereocenters. The third kappa shape index (κ3) is 3.39. The largest absolute Gasteiger partial charge is 0.497 e. The van der Waals surface area contributed by atoms with Crippen molar-refractivity contribution in [2.24, 2.45) is 0 Å². The molecule has 0 radical (unpaired) electrons. The van der Waals surface area contributed by atoms with Crippen LogP contribution in [0.3, 0.4) is 0 Å². The summed E-state index contributed by atoms with van der Waals surface area (Å²) in [5.41, 5.74) is 1.52. The predicted molar refractivity (Wildman–Crippen MR) is 77.8 cm³/mol. The number of nitrogens with zero attached hydrogens (tertiary/aromatic N) is 1. The summed E-state index contributed by atoms with van der Waals surface area (Å²) in [7, 11) is 1.60. The second kappa shape index (κ2) is 6.09. The van der Waals surface area contributed by atoms with Crippen LogP contribution < -0.4 is 10.1 Å². The molecule has 2 rings (SSSR count). The molecule has 20 heavy (non-hydrogen) atoms. The first kappa shape index (κ1) is 14.6. The van der Waals surface area contributed by atoms with Crippen LogP contribution in [-0.4, -0.2) is 18.0 Å². The third-order valence-electron chi connectivity index (χ3n) is 2.73. The minimum absolute atomic E-state index is 0.254. The molecule has 0 saturated heterocycles. The lowest BCUT2D eigenvalue weighted by molar-refractivity contribution is 0.0921. The number of aromatic nitrogens is 1. The number of hydrogen-bond donors (Lipinski definition) is 1. The molecule has 0 saturated carbocycles. The van der Waals surface area contributed by atoms with Crippen LogP contribution in [0, 0.1) is 13.8 Å². The normalized spacial score (nSPS) is 10.4.